The lowest BCUT2D eigenvalue weighted by molar-refractivity contribution is -0.138. The molecule has 1 aliphatic carbocycles. The SMILES string of the molecule is C/C=C1\C(=N)C(c2nc(N)cc(C)c2C(F)(F)F)=Cc2nc(OCC(C)(CCCC)CCCCCC)nc(N3CCCN=C(/C=C(\N)C(=O)N(C)C)C3)c21. The Hall–Kier alpha value is -4.75. The van der Waals surface area contributed by atoms with Crippen molar-refractivity contribution in [3.63, 3.8) is 0 Å². The average Bonchev–Trinajstić information content (AvgIpc) is 3.35. The normalized spacial score (nSPS) is 17.1. The highest BCUT2D eigenvalue weighted by atomic mass is 19.4. The molecule has 0 bridgehead atoms. The molecule has 0 fully saturated rings. The summed E-state index contributed by atoms with van der Waals surface area (Å²) in [6, 6.07) is 1.26. The lowest BCUT2D eigenvalue weighted by atomic mass is 9.81. The number of hydrogen-bond donors (Lipinski definition) is 3. The first-order chi connectivity index (χ1) is 25.5. The Bertz CT molecular complexity index is 1830. The van der Waals surface area contributed by atoms with Gasteiger partial charge in [0.15, 0.2) is 0 Å². The molecule has 0 radical (unpaired) electrons. The van der Waals surface area contributed by atoms with E-state index in [0.717, 1.165) is 44.9 Å². The Morgan fingerprint density at radius 1 is 1.09 bits per heavy atom. The van der Waals surface area contributed by atoms with Crippen molar-refractivity contribution in [1.29, 1.82) is 5.41 Å². The molecule has 5 N–H and O–H groups in total. The van der Waals surface area contributed by atoms with Gasteiger partial charge in [0.2, 0.25) is 0 Å². The Balaban J connectivity index is 1.91. The number of aliphatic imine (C=N–C) groups is 1. The van der Waals surface area contributed by atoms with Gasteiger partial charge in [-0.15, -0.1) is 0 Å². The summed E-state index contributed by atoms with van der Waals surface area (Å²) in [5.74, 6) is -0.00355. The zero-order valence-corrected chi connectivity index (χ0v) is 32.8. The largest absolute Gasteiger partial charge is 0.463 e. The molecule has 11 nitrogen and oxygen atoms in total. The number of carbonyl (C=O) groups is 1. The Morgan fingerprint density at radius 2 is 1.80 bits per heavy atom. The van der Waals surface area contributed by atoms with Crippen LogP contribution in [0.25, 0.3) is 17.2 Å². The van der Waals surface area contributed by atoms with Gasteiger partial charge in [0, 0.05) is 43.7 Å². The molecule has 54 heavy (non-hydrogen) atoms. The minimum absolute atomic E-state index is 0.0357. The molecule has 1 aliphatic heterocycles. The zero-order valence-electron chi connectivity index (χ0n) is 32.8. The second-order valence-electron chi connectivity index (χ2n) is 14.8. The van der Waals surface area contributed by atoms with Crippen molar-refractivity contribution in [3.8, 4) is 6.01 Å². The van der Waals surface area contributed by atoms with Crippen molar-refractivity contribution < 1.29 is 22.7 Å². The Kier molecular flexibility index (Phi) is 14.0. The first-order valence-electron chi connectivity index (χ1n) is 18.9. The summed E-state index contributed by atoms with van der Waals surface area (Å²) in [4.78, 5) is 34.6. The molecule has 0 aromatic carbocycles. The summed E-state index contributed by atoms with van der Waals surface area (Å²) >= 11 is 0. The Morgan fingerprint density at radius 3 is 2.44 bits per heavy atom. The van der Waals surface area contributed by atoms with Crippen molar-refractivity contribution in [2.24, 2.45) is 16.1 Å². The number of nitrogen functional groups attached to an aromatic ring is 1. The number of nitrogens with two attached hydrogens (primary N) is 2. The molecule has 294 valence electrons. The van der Waals surface area contributed by atoms with Crippen LogP contribution in [-0.4, -0.2) is 77.5 Å². The number of pyridine rings is 1. The highest BCUT2D eigenvalue weighted by molar-refractivity contribution is 6.48. The number of aromatic nitrogens is 3. The number of amides is 1. The van der Waals surface area contributed by atoms with Crippen LogP contribution in [-0.2, 0) is 11.0 Å². The number of allylic oxidation sites excluding steroid dienone is 3. The van der Waals surface area contributed by atoms with Crippen LogP contribution in [0.3, 0.4) is 0 Å². The van der Waals surface area contributed by atoms with Gasteiger partial charge in [0.25, 0.3) is 5.91 Å². The fourth-order valence-electron chi connectivity index (χ4n) is 6.98. The number of anilines is 2. The van der Waals surface area contributed by atoms with Gasteiger partial charge in [-0.3, -0.25) is 15.2 Å². The van der Waals surface area contributed by atoms with Gasteiger partial charge in [-0.05, 0) is 56.9 Å². The fraction of sp³-hybridized carbons (Fsp3) is 0.550. The summed E-state index contributed by atoms with van der Waals surface area (Å²) < 4.78 is 50.2. The quantitative estimate of drug-likeness (QED) is 0.122. The molecule has 2 aromatic rings. The lowest BCUT2D eigenvalue weighted by Gasteiger charge is -2.31. The first-order valence-corrected chi connectivity index (χ1v) is 18.9. The molecule has 1 atom stereocenters. The van der Waals surface area contributed by atoms with Gasteiger partial charge in [-0.1, -0.05) is 65.4 Å². The number of halogens is 3. The summed E-state index contributed by atoms with van der Waals surface area (Å²) in [5.41, 5.74) is 12.0. The minimum Gasteiger partial charge on any atom is -0.463 e. The highest BCUT2D eigenvalue weighted by Crippen LogP contribution is 2.44. The van der Waals surface area contributed by atoms with E-state index in [-0.39, 0.29) is 52.2 Å². The molecule has 0 saturated carbocycles. The summed E-state index contributed by atoms with van der Waals surface area (Å²) in [7, 11) is 3.23. The average molecular weight is 752 g/mol. The molecule has 2 aliphatic rings. The number of alkyl halides is 3. The van der Waals surface area contributed by atoms with Gasteiger partial charge in [0.05, 0.1) is 52.8 Å². The highest BCUT2D eigenvalue weighted by Gasteiger charge is 2.40. The lowest BCUT2D eigenvalue weighted by Crippen LogP contribution is -2.33. The summed E-state index contributed by atoms with van der Waals surface area (Å²) in [6.45, 7) is 11.2. The number of aryl methyl sites for hydroxylation is 1. The number of ether oxygens (including phenoxy) is 1. The summed E-state index contributed by atoms with van der Waals surface area (Å²) in [6.07, 6.45) is 9.13. The number of fused-ring (bicyclic) bond motifs is 1. The smallest absolute Gasteiger partial charge is 0.418 e. The molecule has 0 saturated heterocycles. The van der Waals surface area contributed by atoms with Gasteiger partial charge in [-0.25, -0.2) is 4.98 Å². The fourth-order valence-corrected chi connectivity index (χ4v) is 6.98. The van der Waals surface area contributed by atoms with Crippen molar-refractivity contribution in [3.05, 3.63) is 52.0 Å². The van der Waals surface area contributed by atoms with Gasteiger partial charge < -0.3 is 26.0 Å². The van der Waals surface area contributed by atoms with Crippen LogP contribution in [0.2, 0.25) is 0 Å². The molecule has 2 aromatic heterocycles. The van der Waals surface area contributed by atoms with E-state index < -0.39 is 17.4 Å². The number of carbonyl (C=O) groups excluding carboxylic acids is 1. The van der Waals surface area contributed by atoms with Crippen LogP contribution in [0.5, 0.6) is 6.01 Å². The number of nitrogens with one attached hydrogen (secondary N) is 1. The zero-order chi connectivity index (χ0) is 39.8. The van der Waals surface area contributed by atoms with E-state index in [1.165, 1.54) is 30.4 Å². The van der Waals surface area contributed by atoms with E-state index in [0.29, 0.717) is 54.5 Å². The molecule has 1 unspecified atom stereocenters. The predicted octanol–water partition coefficient (Wildman–Crippen LogP) is 7.89. The third-order valence-corrected chi connectivity index (χ3v) is 9.90. The van der Waals surface area contributed by atoms with Gasteiger partial charge >= 0.3 is 12.2 Å². The number of unbranched alkanes of at least 4 members (excludes halogenated alkanes) is 4. The van der Waals surface area contributed by atoms with E-state index in [9.17, 15) is 23.4 Å². The summed E-state index contributed by atoms with van der Waals surface area (Å²) in [5, 5.41) is 9.28. The van der Waals surface area contributed by atoms with Gasteiger partial charge in [0.1, 0.15) is 11.6 Å². The molecule has 4 rings (SSSR count). The number of rotatable bonds is 15. The number of hydrogen-bond acceptors (Lipinski definition) is 10. The van der Waals surface area contributed by atoms with Crippen LogP contribution >= 0.6 is 0 Å². The molecular weight excluding hydrogens is 695 g/mol. The second kappa shape index (κ2) is 18.1. The van der Waals surface area contributed by atoms with Crippen LogP contribution in [0.15, 0.2) is 28.9 Å². The molecule has 1 amide bonds. The van der Waals surface area contributed by atoms with Gasteiger partial charge in [-0.2, -0.15) is 23.1 Å². The molecule has 0 spiro atoms. The van der Waals surface area contributed by atoms with Crippen molar-refractivity contribution in [2.45, 2.75) is 98.6 Å². The third kappa shape index (κ3) is 10.1. The number of likely N-dealkylation sites (N-methyl/N-ethyl adjacent to an activating group) is 1. The van der Waals surface area contributed by atoms with Crippen LogP contribution < -0.4 is 21.1 Å². The molecular formula is C40H56F3N9O2. The minimum atomic E-state index is -4.76. The van der Waals surface area contributed by atoms with Crippen molar-refractivity contribution in [2.75, 3.05) is 51.0 Å². The standard InChI is InChI=1S/C40H56F3N9O2/c1-8-11-13-14-17-39(5,16-12-9-2)24-54-38-48-30-22-28(35-33(40(41,42)43)25(4)20-31(45)49-35)34(46)27(10-3)32(30)36(50-38)52-19-15-18-47-26(23-52)21-29(44)37(53)51(6)7/h10,20-22,46H,8-9,11-19,23-24,44H2,1-7H3,(H2,45,49)/b27-10-,29-21-,46-34?. The first kappa shape index (κ1) is 42.0. The third-order valence-electron chi connectivity index (χ3n) is 9.90. The van der Waals surface area contributed by atoms with E-state index in [1.807, 2.05) is 4.90 Å². The Labute approximate surface area is 317 Å². The van der Waals surface area contributed by atoms with Crippen LogP contribution in [0, 0.1) is 17.7 Å². The van der Waals surface area contributed by atoms with Crippen LogP contribution in [0.4, 0.5) is 24.8 Å². The van der Waals surface area contributed by atoms with E-state index in [2.05, 4.69) is 30.7 Å². The maximum absolute atomic E-state index is 14.6. The van der Waals surface area contributed by atoms with Crippen molar-refractivity contribution >= 4 is 46.2 Å². The van der Waals surface area contributed by atoms with Crippen LogP contribution in [0.1, 0.15) is 114 Å². The number of nitrogens with zero attached hydrogens (tertiary/aromatic N) is 6. The predicted molar refractivity (Wildman–Crippen MR) is 212 cm³/mol. The van der Waals surface area contributed by atoms with E-state index in [4.69, 9.17) is 26.2 Å². The van der Waals surface area contributed by atoms with Crippen molar-refractivity contribution in [1.82, 2.24) is 19.9 Å². The monoisotopic (exact) mass is 751 g/mol. The maximum Gasteiger partial charge on any atom is 0.418 e. The topological polar surface area (TPSA) is 160 Å². The maximum atomic E-state index is 14.6. The molecule has 14 heteroatoms. The van der Waals surface area contributed by atoms with E-state index in [1.54, 1.807) is 33.2 Å². The second-order valence-corrected chi connectivity index (χ2v) is 14.8. The molecule has 3 heterocycles. The van der Waals surface area contributed by atoms with E-state index >= 15 is 0 Å².